The highest BCUT2D eigenvalue weighted by atomic mass is 16.5. The number of benzene rings is 1. The molecular formula is C19H28N4O2. The number of nitrogens with zero attached hydrogens (tertiary/aromatic N) is 3. The van der Waals surface area contributed by atoms with Crippen LogP contribution >= 0.6 is 0 Å². The molecule has 0 saturated heterocycles. The fourth-order valence-electron chi connectivity index (χ4n) is 2.62. The highest BCUT2D eigenvalue weighted by Gasteiger charge is 2.20. The Bertz CT molecular complexity index is 718. The van der Waals surface area contributed by atoms with Gasteiger partial charge in [-0.1, -0.05) is 32.0 Å². The van der Waals surface area contributed by atoms with Crippen LogP contribution < -0.4 is 5.32 Å². The Morgan fingerprint density at radius 3 is 2.72 bits per heavy atom. The molecule has 1 heterocycles. The summed E-state index contributed by atoms with van der Waals surface area (Å²) in [5, 5.41) is 7.16. The Labute approximate surface area is 149 Å². The molecular weight excluding hydrogens is 316 g/mol. The van der Waals surface area contributed by atoms with Crippen LogP contribution in [0.5, 0.6) is 0 Å². The summed E-state index contributed by atoms with van der Waals surface area (Å²) in [5.41, 5.74) is 1.42. The molecule has 0 aliphatic carbocycles. The summed E-state index contributed by atoms with van der Waals surface area (Å²) in [4.78, 5) is 18.8. The van der Waals surface area contributed by atoms with Crippen molar-refractivity contribution in [1.82, 2.24) is 20.4 Å². The number of rotatable bonds is 6. The lowest BCUT2D eigenvalue weighted by molar-refractivity contribution is 0.0745. The number of hydrogen-bond donors (Lipinski definition) is 1. The van der Waals surface area contributed by atoms with E-state index in [2.05, 4.69) is 43.2 Å². The quantitative estimate of drug-likeness (QED) is 0.872. The summed E-state index contributed by atoms with van der Waals surface area (Å²) < 4.78 is 5.36. The predicted molar refractivity (Wildman–Crippen MR) is 98.4 cm³/mol. The number of hydrogen-bond acceptors (Lipinski definition) is 5. The van der Waals surface area contributed by atoms with E-state index >= 15 is 0 Å². The summed E-state index contributed by atoms with van der Waals surface area (Å²) >= 11 is 0. The molecule has 1 aromatic heterocycles. The van der Waals surface area contributed by atoms with Gasteiger partial charge in [0, 0.05) is 37.2 Å². The molecule has 6 nitrogen and oxygen atoms in total. The van der Waals surface area contributed by atoms with E-state index < -0.39 is 0 Å². The second kappa shape index (κ2) is 7.78. The van der Waals surface area contributed by atoms with Crippen molar-refractivity contribution in [3.05, 3.63) is 35.7 Å². The van der Waals surface area contributed by atoms with Crippen molar-refractivity contribution in [3.8, 4) is 11.5 Å². The number of likely N-dealkylation sites (N-methyl/N-ethyl adjacent to an activating group) is 1. The maximum atomic E-state index is 12.6. The monoisotopic (exact) mass is 344 g/mol. The Kier molecular flexibility index (Phi) is 5.95. The summed E-state index contributed by atoms with van der Waals surface area (Å²) in [7, 11) is 3.72. The van der Waals surface area contributed by atoms with Gasteiger partial charge in [0.2, 0.25) is 0 Å². The Morgan fingerprint density at radius 2 is 2.08 bits per heavy atom. The summed E-state index contributed by atoms with van der Waals surface area (Å²) in [5.74, 6) is 1.07. The van der Waals surface area contributed by atoms with Gasteiger partial charge in [0.1, 0.15) is 0 Å². The largest absolute Gasteiger partial charge is 0.341 e. The lowest BCUT2D eigenvalue weighted by Crippen LogP contribution is -2.34. The zero-order valence-electron chi connectivity index (χ0n) is 16.0. The maximum absolute atomic E-state index is 12.6. The fraction of sp³-hybridized carbons (Fsp3) is 0.526. The Balaban J connectivity index is 2.17. The van der Waals surface area contributed by atoms with Crippen LogP contribution in [0.3, 0.4) is 0 Å². The van der Waals surface area contributed by atoms with Gasteiger partial charge in [0.25, 0.3) is 11.8 Å². The molecule has 0 fully saturated rings. The van der Waals surface area contributed by atoms with E-state index in [-0.39, 0.29) is 17.4 Å². The van der Waals surface area contributed by atoms with Crippen LogP contribution in [0.4, 0.5) is 0 Å². The molecule has 2 rings (SSSR count). The molecule has 0 radical (unpaired) electrons. The molecule has 0 aliphatic heterocycles. The van der Waals surface area contributed by atoms with Gasteiger partial charge in [-0.25, -0.2) is 0 Å². The molecule has 1 unspecified atom stereocenters. The average Bonchev–Trinajstić information content (AvgIpc) is 3.01. The first-order valence-corrected chi connectivity index (χ1v) is 8.55. The first-order valence-electron chi connectivity index (χ1n) is 8.55. The first-order chi connectivity index (χ1) is 11.7. The molecule has 6 heteroatoms. The van der Waals surface area contributed by atoms with E-state index in [1.807, 2.05) is 32.3 Å². The molecule has 1 amide bonds. The van der Waals surface area contributed by atoms with Crippen LogP contribution in [-0.2, 0) is 6.42 Å². The van der Waals surface area contributed by atoms with Crippen LogP contribution in [0.1, 0.15) is 43.9 Å². The number of amides is 1. The second-order valence-electron chi connectivity index (χ2n) is 7.71. The van der Waals surface area contributed by atoms with Crippen LogP contribution in [0, 0.1) is 5.41 Å². The van der Waals surface area contributed by atoms with Crippen LogP contribution in [0.25, 0.3) is 11.5 Å². The molecule has 1 aromatic carbocycles. The number of nitrogens with one attached hydrogen (secondary N) is 1. The molecule has 0 saturated carbocycles. The highest BCUT2D eigenvalue weighted by molar-refractivity contribution is 5.95. The van der Waals surface area contributed by atoms with Crippen molar-refractivity contribution in [3.63, 3.8) is 0 Å². The Hall–Kier alpha value is -2.21. The van der Waals surface area contributed by atoms with Crippen molar-refractivity contribution in [1.29, 1.82) is 0 Å². The smallest absolute Gasteiger partial charge is 0.257 e. The van der Waals surface area contributed by atoms with Gasteiger partial charge >= 0.3 is 0 Å². The van der Waals surface area contributed by atoms with E-state index in [0.717, 1.165) is 5.56 Å². The number of carbonyl (C=O) groups is 1. The number of carbonyl (C=O) groups excluding carboxylic acids is 1. The molecule has 0 aliphatic rings. The van der Waals surface area contributed by atoms with Crippen LogP contribution in [-0.4, -0.2) is 47.6 Å². The summed E-state index contributed by atoms with van der Waals surface area (Å²) in [6.45, 7) is 9.07. The maximum Gasteiger partial charge on any atom is 0.257 e. The molecule has 0 spiro atoms. The molecule has 0 bridgehead atoms. The minimum absolute atomic E-state index is 0.0136. The predicted octanol–water partition coefficient (Wildman–Crippen LogP) is 3.01. The van der Waals surface area contributed by atoms with E-state index in [1.54, 1.807) is 11.0 Å². The van der Waals surface area contributed by atoms with E-state index in [9.17, 15) is 4.79 Å². The third-order valence-electron chi connectivity index (χ3n) is 3.86. The average molecular weight is 344 g/mol. The molecule has 25 heavy (non-hydrogen) atoms. The van der Waals surface area contributed by atoms with Gasteiger partial charge in [-0.05, 0) is 37.6 Å². The minimum atomic E-state index is -0.0136. The summed E-state index contributed by atoms with van der Waals surface area (Å²) in [6, 6.07) is 7.60. The van der Waals surface area contributed by atoms with Crippen molar-refractivity contribution in [2.45, 2.75) is 40.2 Å². The second-order valence-corrected chi connectivity index (χ2v) is 7.71. The van der Waals surface area contributed by atoms with Crippen molar-refractivity contribution in [2.24, 2.45) is 5.41 Å². The van der Waals surface area contributed by atoms with Crippen molar-refractivity contribution >= 4 is 5.91 Å². The fourth-order valence-corrected chi connectivity index (χ4v) is 2.62. The lowest BCUT2D eigenvalue weighted by Gasteiger charge is -2.26. The molecule has 136 valence electrons. The zero-order valence-corrected chi connectivity index (χ0v) is 16.0. The Morgan fingerprint density at radius 1 is 1.36 bits per heavy atom. The van der Waals surface area contributed by atoms with Gasteiger partial charge < -0.3 is 14.7 Å². The van der Waals surface area contributed by atoms with Crippen molar-refractivity contribution < 1.29 is 9.32 Å². The SMILES string of the molecule is CNC(C)Cc1noc(-c2cccc(C(=O)N(C)CC(C)(C)C)c2)n1. The van der Waals surface area contributed by atoms with E-state index in [0.29, 0.717) is 30.2 Å². The van der Waals surface area contributed by atoms with E-state index in [1.165, 1.54) is 0 Å². The topological polar surface area (TPSA) is 71.3 Å². The third-order valence-corrected chi connectivity index (χ3v) is 3.86. The highest BCUT2D eigenvalue weighted by Crippen LogP contribution is 2.21. The zero-order chi connectivity index (χ0) is 18.6. The molecule has 1 atom stereocenters. The van der Waals surface area contributed by atoms with Gasteiger partial charge in [0.15, 0.2) is 5.82 Å². The van der Waals surface area contributed by atoms with Gasteiger partial charge in [-0.2, -0.15) is 4.98 Å². The molecule has 2 aromatic rings. The lowest BCUT2D eigenvalue weighted by atomic mass is 9.96. The standard InChI is InChI=1S/C19H28N4O2/c1-13(20-5)10-16-21-17(25-22-16)14-8-7-9-15(11-14)18(24)23(6)12-19(2,3)4/h7-9,11,13,20H,10,12H2,1-6H3. The normalized spacial score (nSPS) is 12.9. The van der Waals surface area contributed by atoms with Crippen LogP contribution in [0.15, 0.2) is 28.8 Å². The first kappa shape index (κ1) is 19.1. The third kappa shape index (κ3) is 5.39. The molecule has 1 N–H and O–H groups in total. The summed E-state index contributed by atoms with van der Waals surface area (Å²) in [6.07, 6.45) is 0.687. The van der Waals surface area contributed by atoms with Gasteiger partial charge in [-0.3, -0.25) is 4.79 Å². The van der Waals surface area contributed by atoms with Gasteiger partial charge in [-0.15, -0.1) is 0 Å². The minimum Gasteiger partial charge on any atom is -0.341 e. The van der Waals surface area contributed by atoms with Crippen molar-refractivity contribution in [2.75, 3.05) is 20.6 Å². The number of aromatic nitrogens is 2. The van der Waals surface area contributed by atoms with Gasteiger partial charge in [0.05, 0.1) is 0 Å². The van der Waals surface area contributed by atoms with Crippen LogP contribution in [0.2, 0.25) is 0 Å². The van der Waals surface area contributed by atoms with E-state index in [4.69, 9.17) is 4.52 Å².